The van der Waals surface area contributed by atoms with Crippen molar-refractivity contribution in [2.75, 3.05) is 11.6 Å². The van der Waals surface area contributed by atoms with E-state index in [0.717, 1.165) is 22.0 Å². The number of benzene rings is 1. The SMILES string of the molecule is CSc1noc(C)c1-c1ccnc(Nc2cccc(C#N)c2)n1. The van der Waals surface area contributed by atoms with Gasteiger partial charge in [-0.1, -0.05) is 11.2 Å². The highest BCUT2D eigenvalue weighted by Crippen LogP contribution is 2.31. The van der Waals surface area contributed by atoms with Gasteiger partial charge in [0.1, 0.15) is 10.8 Å². The fraction of sp³-hybridized carbons (Fsp3) is 0.125. The molecule has 0 fully saturated rings. The van der Waals surface area contributed by atoms with Gasteiger partial charge in [-0.15, -0.1) is 11.8 Å². The maximum atomic E-state index is 8.96. The van der Waals surface area contributed by atoms with Crippen molar-refractivity contribution in [1.82, 2.24) is 15.1 Å². The molecule has 1 aromatic carbocycles. The summed E-state index contributed by atoms with van der Waals surface area (Å²) in [4.78, 5) is 8.74. The number of aryl methyl sites for hydroxylation is 1. The van der Waals surface area contributed by atoms with Gasteiger partial charge < -0.3 is 9.84 Å². The van der Waals surface area contributed by atoms with E-state index in [1.165, 1.54) is 11.8 Å². The molecule has 23 heavy (non-hydrogen) atoms. The molecule has 2 heterocycles. The van der Waals surface area contributed by atoms with Gasteiger partial charge in [0.25, 0.3) is 0 Å². The minimum atomic E-state index is 0.449. The van der Waals surface area contributed by atoms with Crippen molar-refractivity contribution >= 4 is 23.4 Å². The first kappa shape index (κ1) is 15.1. The maximum Gasteiger partial charge on any atom is 0.227 e. The third kappa shape index (κ3) is 3.17. The van der Waals surface area contributed by atoms with Gasteiger partial charge in [0.2, 0.25) is 5.95 Å². The molecule has 0 aliphatic rings. The van der Waals surface area contributed by atoms with Gasteiger partial charge in [0.15, 0.2) is 0 Å². The molecule has 2 aromatic heterocycles. The Morgan fingerprint density at radius 3 is 2.96 bits per heavy atom. The van der Waals surface area contributed by atoms with Crippen molar-refractivity contribution in [3.8, 4) is 17.3 Å². The van der Waals surface area contributed by atoms with E-state index in [2.05, 4.69) is 26.5 Å². The summed E-state index contributed by atoms with van der Waals surface area (Å²) in [6.45, 7) is 1.85. The number of nitriles is 1. The van der Waals surface area contributed by atoms with Gasteiger partial charge in [0, 0.05) is 11.9 Å². The number of anilines is 2. The first-order chi connectivity index (χ1) is 11.2. The minimum Gasteiger partial charge on any atom is -0.360 e. The van der Waals surface area contributed by atoms with Crippen LogP contribution in [0.3, 0.4) is 0 Å². The van der Waals surface area contributed by atoms with Crippen LogP contribution < -0.4 is 5.32 Å². The number of rotatable bonds is 4. The summed E-state index contributed by atoms with van der Waals surface area (Å²) >= 11 is 1.50. The summed E-state index contributed by atoms with van der Waals surface area (Å²) in [5.41, 5.74) is 2.94. The quantitative estimate of drug-likeness (QED) is 0.731. The Kier molecular flexibility index (Phi) is 4.26. The van der Waals surface area contributed by atoms with Crippen LogP contribution in [0.1, 0.15) is 11.3 Å². The zero-order valence-electron chi connectivity index (χ0n) is 12.6. The van der Waals surface area contributed by atoms with Crippen molar-refractivity contribution in [2.45, 2.75) is 11.9 Å². The van der Waals surface area contributed by atoms with Gasteiger partial charge in [-0.25, -0.2) is 9.97 Å². The molecular formula is C16H13N5OS. The molecule has 0 saturated heterocycles. The van der Waals surface area contributed by atoms with Crippen molar-refractivity contribution in [1.29, 1.82) is 5.26 Å². The van der Waals surface area contributed by atoms with Gasteiger partial charge in [-0.2, -0.15) is 5.26 Å². The van der Waals surface area contributed by atoms with Gasteiger partial charge >= 0.3 is 0 Å². The van der Waals surface area contributed by atoms with E-state index in [1.807, 2.05) is 25.3 Å². The fourth-order valence-electron chi connectivity index (χ4n) is 2.13. The number of nitrogens with one attached hydrogen (secondary N) is 1. The molecule has 7 heteroatoms. The molecule has 6 nitrogen and oxygen atoms in total. The summed E-state index contributed by atoms with van der Waals surface area (Å²) in [7, 11) is 0. The van der Waals surface area contributed by atoms with E-state index in [-0.39, 0.29) is 0 Å². The second kappa shape index (κ2) is 6.50. The van der Waals surface area contributed by atoms with E-state index < -0.39 is 0 Å². The van der Waals surface area contributed by atoms with Crippen LogP contribution in [0, 0.1) is 18.3 Å². The zero-order valence-corrected chi connectivity index (χ0v) is 13.4. The fourth-order valence-corrected chi connectivity index (χ4v) is 2.70. The topological polar surface area (TPSA) is 87.6 Å². The summed E-state index contributed by atoms with van der Waals surface area (Å²) in [6.07, 6.45) is 3.61. The lowest BCUT2D eigenvalue weighted by Gasteiger charge is -2.06. The molecule has 1 N–H and O–H groups in total. The first-order valence-electron chi connectivity index (χ1n) is 6.82. The highest BCUT2D eigenvalue weighted by atomic mass is 32.2. The Labute approximate surface area is 137 Å². The summed E-state index contributed by atoms with van der Waals surface area (Å²) in [5, 5.41) is 16.9. The van der Waals surface area contributed by atoms with Crippen LogP contribution in [-0.4, -0.2) is 21.4 Å². The van der Waals surface area contributed by atoms with Crippen LogP contribution >= 0.6 is 11.8 Å². The van der Waals surface area contributed by atoms with E-state index in [1.54, 1.807) is 24.4 Å². The molecule has 3 aromatic rings. The Morgan fingerprint density at radius 1 is 1.30 bits per heavy atom. The maximum absolute atomic E-state index is 8.96. The molecule has 3 rings (SSSR count). The van der Waals surface area contributed by atoms with Gasteiger partial charge in [-0.05, 0) is 37.4 Å². The summed E-state index contributed by atoms with van der Waals surface area (Å²) in [6, 6.07) is 11.1. The predicted molar refractivity (Wildman–Crippen MR) is 88.5 cm³/mol. The van der Waals surface area contributed by atoms with Gasteiger partial charge in [-0.3, -0.25) is 0 Å². The van der Waals surface area contributed by atoms with Crippen molar-refractivity contribution in [3.05, 3.63) is 47.9 Å². The number of aromatic nitrogens is 3. The van der Waals surface area contributed by atoms with E-state index in [4.69, 9.17) is 9.78 Å². The number of thioether (sulfide) groups is 1. The molecule has 0 bridgehead atoms. The Balaban J connectivity index is 1.94. The van der Waals surface area contributed by atoms with Crippen molar-refractivity contribution in [3.63, 3.8) is 0 Å². The molecule has 0 aliphatic heterocycles. The molecule has 0 saturated carbocycles. The van der Waals surface area contributed by atoms with Crippen LogP contribution in [0.15, 0.2) is 46.1 Å². The smallest absolute Gasteiger partial charge is 0.227 e. The molecular weight excluding hydrogens is 310 g/mol. The second-order valence-electron chi connectivity index (χ2n) is 4.71. The standard InChI is InChI=1S/C16H13N5OS/c1-10-14(15(23-2)21-22-10)13-6-7-18-16(20-13)19-12-5-3-4-11(8-12)9-17/h3-8H,1-2H3,(H,18,19,20). The third-order valence-electron chi connectivity index (χ3n) is 3.18. The van der Waals surface area contributed by atoms with Crippen LogP contribution in [0.25, 0.3) is 11.3 Å². The number of hydrogen-bond donors (Lipinski definition) is 1. The minimum absolute atomic E-state index is 0.449. The molecule has 0 amide bonds. The van der Waals surface area contributed by atoms with Crippen LogP contribution in [-0.2, 0) is 0 Å². The summed E-state index contributed by atoms with van der Waals surface area (Å²) < 4.78 is 5.24. The van der Waals surface area contributed by atoms with Crippen molar-refractivity contribution in [2.24, 2.45) is 0 Å². The lowest BCUT2D eigenvalue weighted by Crippen LogP contribution is -1.98. The number of nitrogens with zero attached hydrogens (tertiary/aromatic N) is 4. The van der Waals surface area contributed by atoms with Crippen LogP contribution in [0.4, 0.5) is 11.6 Å². The average molecular weight is 323 g/mol. The highest BCUT2D eigenvalue weighted by molar-refractivity contribution is 7.98. The first-order valence-corrected chi connectivity index (χ1v) is 8.04. The molecule has 114 valence electrons. The largest absolute Gasteiger partial charge is 0.360 e. The van der Waals surface area contributed by atoms with E-state index in [9.17, 15) is 0 Å². The van der Waals surface area contributed by atoms with E-state index in [0.29, 0.717) is 17.3 Å². The highest BCUT2D eigenvalue weighted by Gasteiger charge is 2.16. The van der Waals surface area contributed by atoms with E-state index >= 15 is 0 Å². The second-order valence-corrected chi connectivity index (χ2v) is 5.50. The zero-order chi connectivity index (χ0) is 16.2. The molecule has 0 unspecified atom stereocenters. The Hall–Kier alpha value is -2.85. The monoisotopic (exact) mass is 323 g/mol. The van der Waals surface area contributed by atoms with Crippen LogP contribution in [0.5, 0.6) is 0 Å². The normalized spacial score (nSPS) is 10.3. The molecule has 0 atom stereocenters. The lowest BCUT2D eigenvalue weighted by atomic mass is 10.2. The average Bonchev–Trinajstić information content (AvgIpc) is 2.96. The lowest BCUT2D eigenvalue weighted by molar-refractivity contribution is 0.384. The van der Waals surface area contributed by atoms with Gasteiger partial charge in [0.05, 0.1) is 22.9 Å². The molecule has 0 radical (unpaired) electrons. The van der Waals surface area contributed by atoms with Crippen LogP contribution in [0.2, 0.25) is 0 Å². The Bertz CT molecular complexity index is 884. The third-order valence-corrected chi connectivity index (χ3v) is 3.85. The summed E-state index contributed by atoms with van der Waals surface area (Å²) in [5.74, 6) is 1.16. The molecule has 0 aliphatic carbocycles. The van der Waals surface area contributed by atoms with Crippen molar-refractivity contribution < 1.29 is 4.52 Å². The predicted octanol–water partition coefficient (Wildman–Crippen LogP) is 3.78. The Morgan fingerprint density at radius 2 is 2.17 bits per heavy atom. The molecule has 0 spiro atoms. The number of hydrogen-bond acceptors (Lipinski definition) is 7.